The van der Waals surface area contributed by atoms with Crippen molar-refractivity contribution in [3.05, 3.63) is 41.5 Å². The van der Waals surface area contributed by atoms with Gasteiger partial charge in [-0.1, -0.05) is 38.3 Å². The normalized spacial score (nSPS) is 11.5. The third-order valence-electron chi connectivity index (χ3n) is 4.45. The zero-order valence-corrected chi connectivity index (χ0v) is 17.7. The number of ether oxygens (including phenoxy) is 1. The molecule has 0 unspecified atom stereocenters. The fraction of sp³-hybridized carbons (Fsp3) is 0.571. The Kier molecular flexibility index (Phi) is 9.31. The van der Waals surface area contributed by atoms with Crippen molar-refractivity contribution in [2.45, 2.75) is 59.5 Å². The van der Waals surface area contributed by atoms with Gasteiger partial charge in [0.1, 0.15) is 17.9 Å². The summed E-state index contributed by atoms with van der Waals surface area (Å²) in [6.45, 7) is 9.03. The third kappa shape index (κ3) is 7.21. The lowest BCUT2D eigenvalue weighted by Gasteiger charge is -2.13. The number of rotatable bonds is 11. The Balaban J connectivity index is 1.98. The molecule has 0 saturated carbocycles. The van der Waals surface area contributed by atoms with Gasteiger partial charge >= 0.3 is 0 Å². The van der Waals surface area contributed by atoms with E-state index in [1.807, 2.05) is 7.05 Å². The highest BCUT2D eigenvalue weighted by Gasteiger charge is 2.06. The number of nitrogens with zero attached hydrogens (tertiary/aromatic N) is 4. The number of hydrogen-bond acceptors (Lipinski definition) is 4. The molecule has 0 amide bonds. The molecule has 0 fully saturated rings. The average Bonchev–Trinajstić information content (AvgIpc) is 3.10. The molecule has 2 aromatic rings. The molecule has 7 nitrogen and oxygen atoms in total. The van der Waals surface area contributed by atoms with Crippen LogP contribution in [0.3, 0.4) is 0 Å². The minimum absolute atomic E-state index is 0.554. The van der Waals surface area contributed by atoms with E-state index in [1.54, 1.807) is 11.0 Å². The molecule has 0 spiro atoms. The van der Waals surface area contributed by atoms with Gasteiger partial charge in [-0.05, 0) is 31.9 Å². The van der Waals surface area contributed by atoms with Crippen LogP contribution in [-0.2, 0) is 20.1 Å². The summed E-state index contributed by atoms with van der Waals surface area (Å²) in [5.41, 5.74) is 2.29. The molecule has 0 bridgehead atoms. The van der Waals surface area contributed by atoms with Crippen LogP contribution in [-0.4, -0.2) is 33.9 Å². The number of aromatic nitrogens is 3. The summed E-state index contributed by atoms with van der Waals surface area (Å²) in [6, 6.07) is 6.31. The van der Waals surface area contributed by atoms with Crippen molar-refractivity contribution in [3.63, 3.8) is 0 Å². The maximum absolute atomic E-state index is 6.06. The Bertz CT molecular complexity index is 740. The van der Waals surface area contributed by atoms with Crippen LogP contribution in [0.2, 0.25) is 0 Å². The minimum atomic E-state index is 0.554. The van der Waals surface area contributed by atoms with Crippen molar-refractivity contribution in [2.24, 2.45) is 12.0 Å². The van der Waals surface area contributed by atoms with E-state index >= 15 is 0 Å². The van der Waals surface area contributed by atoms with Gasteiger partial charge in [0.15, 0.2) is 5.96 Å². The molecule has 0 aliphatic heterocycles. The summed E-state index contributed by atoms with van der Waals surface area (Å²) in [5, 5.41) is 10.7. The number of nitrogens with one attached hydrogen (secondary N) is 2. The molecule has 1 heterocycles. The van der Waals surface area contributed by atoms with Crippen LogP contribution in [0, 0.1) is 6.92 Å². The molecule has 0 radical (unpaired) electrons. The minimum Gasteiger partial charge on any atom is -0.493 e. The second-order valence-electron chi connectivity index (χ2n) is 6.87. The van der Waals surface area contributed by atoms with E-state index in [4.69, 9.17) is 9.73 Å². The van der Waals surface area contributed by atoms with E-state index in [-0.39, 0.29) is 0 Å². The van der Waals surface area contributed by atoms with Gasteiger partial charge in [0, 0.05) is 19.2 Å². The van der Waals surface area contributed by atoms with Crippen molar-refractivity contribution in [1.29, 1.82) is 0 Å². The van der Waals surface area contributed by atoms with Crippen LogP contribution in [0.5, 0.6) is 5.75 Å². The molecular formula is C21H34N6O. The Labute approximate surface area is 168 Å². The summed E-state index contributed by atoms with van der Waals surface area (Å²) in [6.07, 6.45) is 6.35. The lowest BCUT2D eigenvalue weighted by atomic mass is 10.1. The number of aliphatic imine (C=N–C) groups is 1. The van der Waals surface area contributed by atoms with Crippen LogP contribution >= 0.6 is 0 Å². The number of guanidine groups is 1. The molecule has 0 aliphatic rings. The van der Waals surface area contributed by atoms with Gasteiger partial charge in [0.05, 0.1) is 19.7 Å². The molecule has 28 heavy (non-hydrogen) atoms. The Hall–Kier alpha value is -2.57. The van der Waals surface area contributed by atoms with E-state index < -0.39 is 0 Å². The molecule has 1 aromatic carbocycles. The standard InChI is InChI=1S/C21H34N6O/c1-5-7-8-9-12-28-19-13-17(3)10-11-18(19)14-23-21(22-6-2)24-15-20-25-16-26-27(20)4/h10-11,13,16H,5-9,12,14-15H2,1-4H3,(H2,22,23,24). The lowest BCUT2D eigenvalue weighted by Crippen LogP contribution is -2.37. The van der Waals surface area contributed by atoms with Crippen LogP contribution < -0.4 is 15.4 Å². The monoisotopic (exact) mass is 386 g/mol. The molecule has 0 aliphatic carbocycles. The quantitative estimate of drug-likeness (QED) is 0.352. The highest BCUT2D eigenvalue weighted by Crippen LogP contribution is 2.21. The predicted octanol–water partition coefficient (Wildman–Crippen LogP) is 3.34. The maximum Gasteiger partial charge on any atom is 0.191 e. The molecular weight excluding hydrogens is 352 g/mol. The second kappa shape index (κ2) is 12.0. The Morgan fingerprint density at radius 2 is 2.04 bits per heavy atom. The first-order valence-corrected chi connectivity index (χ1v) is 10.2. The molecule has 2 rings (SSSR count). The number of unbranched alkanes of at least 4 members (excludes halogenated alkanes) is 3. The van der Waals surface area contributed by atoms with Gasteiger partial charge in [-0.15, -0.1) is 0 Å². The van der Waals surface area contributed by atoms with E-state index in [0.717, 1.165) is 42.7 Å². The fourth-order valence-electron chi connectivity index (χ4n) is 2.79. The Morgan fingerprint density at radius 1 is 1.18 bits per heavy atom. The average molecular weight is 387 g/mol. The molecule has 0 saturated heterocycles. The molecule has 7 heteroatoms. The largest absolute Gasteiger partial charge is 0.493 e. The Morgan fingerprint density at radius 3 is 2.75 bits per heavy atom. The molecule has 1 aromatic heterocycles. The molecule has 154 valence electrons. The topological polar surface area (TPSA) is 76.4 Å². The summed E-state index contributed by atoms with van der Waals surface area (Å²) in [4.78, 5) is 8.95. The maximum atomic E-state index is 6.06. The molecule has 2 N–H and O–H groups in total. The smallest absolute Gasteiger partial charge is 0.191 e. The van der Waals surface area contributed by atoms with Gasteiger partial charge in [-0.3, -0.25) is 4.68 Å². The summed E-state index contributed by atoms with van der Waals surface area (Å²) < 4.78 is 7.81. The summed E-state index contributed by atoms with van der Waals surface area (Å²) in [7, 11) is 1.88. The van der Waals surface area contributed by atoms with Gasteiger partial charge < -0.3 is 15.4 Å². The second-order valence-corrected chi connectivity index (χ2v) is 6.87. The van der Waals surface area contributed by atoms with Crippen molar-refractivity contribution in [1.82, 2.24) is 25.4 Å². The lowest BCUT2D eigenvalue weighted by molar-refractivity contribution is 0.302. The zero-order chi connectivity index (χ0) is 20.2. The van der Waals surface area contributed by atoms with Crippen LogP contribution in [0.15, 0.2) is 29.5 Å². The number of aryl methyl sites for hydroxylation is 2. The highest BCUT2D eigenvalue weighted by molar-refractivity contribution is 5.79. The van der Waals surface area contributed by atoms with E-state index in [2.05, 4.69) is 59.7 Å². The highest BCUT2D eigenvalue weighted by atomic mass is 16.5. The van der Waals surface area contributed by atoms with Crippen molar-refractivity contribution < 1.29 is 4.74 Å². The van der Waals surface area contributed by atoms with Crippen molar-refractivity contribution in [3.8, 4) is 5.75 Å². The number of hydrogen-bond donors (Lipinski definition) is 2. The van der Waals surface area contributed by atoms with Gasteiger partial charge in [-0.2, -0.15) is 5.10 Å². The first-order valence-electron chi connectivity index (χ1n) is 10.2. The number of benzene rings is 1. The van der Waals surface area contributed by atoms with Crippen LogP contribution in [0.25, 0.3) is 0 Å². The zero-order valence-electron chi connectivity index (χ0n) is 17.7. The van der Waals surface area contributed by atoms with Gasteiger partial charge in [0.2, 0.25) is 0 Å². The van der Waals surface area contributed by atoms with Crippen molar-refractivity contribution in [2.75, 3.05) is 13.2 Å². The third-order valence-corrected chi connectivity index (χ3v) is 4.45. The molecule has 0 atom stereocenters. The first-order chi connectivity index (χ1) is 13.6. The SMILES string of the molecule is CCCCCCOc1cc(C)ccc1CN=C(NCC)NCc1ncnn1C. The van der Waals surface area contributed by atoms with Gasteiger partial charge in [-0.25, -0.2) is 9.98 Å². The predicted molar refractivity (Wildman–Crippen MR) is 113 cm³/mol. The summed E-state index contributed by atoms with van der Waals surface area (Å²) in [5.74, 6) is 2.54. The van der Waals surface area contributed by atoms with E-state index in [9.17, 15) is 0 Å². The van der Waals surface area contributed by atoms with Crippen molar-refractivity contribution >= 4 is 5.96 Å². The van der Waals surface area contributed by atoms with Crippen LogP contribution in [0.4, 0.5) is 0 Å². The fourth-order valence-corrected chi connectivity index (χ4v) is 2.79. The van der Waals surface area contributed by atoms with Crippen LogP contribution in [0.1, 0.15) is 56.5 Å². The van der Waals surface area contributed by atoms with E-state index in [0.29, 0.717) is 13.1 Å². The first kappa shape index (κ1) is 21.7. The van der Waals surface area contributed by atoms with E-state index in [1.165, 1.54) is 24.8 Å². The van der Waals surface area contributed by atoms with Gasteiger partial charge in [0.25, 0.3) is 0 Å². The summed E-state index contributed by atoms with van der Waals surface area (Å²) >= 11 is 0.